The molecule has 0 unspecified atom stereocenters. The maximum atomic E-state index is 12.7. The number of hydrogen-bond donors (Lipinski definition) is 1. The van der Waals surface area contributed by atoms with Gasteiger partial charge in [0.05, 0.1) is 11.1 Å². The minimum Gasteiger partial charge on any atom is -0.349 e. The third-order valence-electron chi connectivity index (χ3n) is 2.72. The molecule has 0 spiro atoms. The van der Waals surface area contributed by atoms with Crippen LogP contribution in [0.2, 0.25) is 5.15 Å². The number of amides is 1. The number of benzene rings is 1. The van der Waals surface area contributed by atoms with Crippen LogP contribution in [0.4, 0.5) is 13.2 Å². The zero-order chi connectivity index (χ0) is 15.6. The lowest BCUT2D eigenvalue weighted by Crippen LogP contribution is -2.26. The Labute approximate surface area is 123 Å². The first-order valence-corrected chi connectivity index (χ1v) is 6.53. The minimum absolute atomic E-state index is 0.0218. The topological polar surface area (TPSA) is 54.9 Å². The Bertz CT molecular complexity index is 688. The van der Waals surface area contributed by atoms with Crippen LogP contribution in [0.3, 0.4) is 0 Å². The number of hydrogen-bond acceptors (Lipinski definition) is 3. The summed E-state index contributed by atoms with van der Waals surface area (Å²) in [6, 6.07) is 2.93. The number of alkyl halides is 3. The van der Waals surface area contributed by atoms with Crippen LogP contribution in [0.5, 0.6) is 0 Å². The second-order valence-corrected chi connectivity index (χ2v) is 4.68. The van der Waals surface area contributed by atoms with Gasteiger partial charge in [0.15, 0.2) is 0 Å². The highest BCUT2D eigenvalue weighted by molar-refractivity contribution is 6.34. The standard InChI is InChI=1S/C13H11ClF3N3O/c1-2-5-18-12(21)11-19-9-6-7(13(15,16)17)3-4-8(9)10(14)20-11/h3-4,6H,2,5H2,1H3,(H,18,21). The first-order valence-electron chi connectivity index (χ1n) is 6.15. The van der Waals surface area contributed by atoms with Crippen LogP contribution in [-0.2, 0) is 6.18 Å². The fourth-order valence-corrected chi connectivity index (χ4v) is 1.93. The molecule has 112 valence electrons. The van der Waals surface area contributed by atoms with Gasteiger partial charge in [0.1, 0.15) is 5.15 Å². The van der Waals surface area contributed by atoms with Gasteiger partial charge in [0, 0.05) is 11.9 Å². The zero-order valence-corrected chi connectivity index (χ0v) is 11.7. The fourth-order valence-electron chi connectivity index (χ4n) is 1.69. The molecule has 0 atom stereocenters. The SMILES string of the molecule is CCCNC(=O)c1nc(Cl)c2ccc(C(F)(F)F)cc2n1. The van der Waals surface area contributed by atoms with Crippen molar-refractivity contribution in [3.05, 3.63) is 34.7 Å². The number of aromatic nitrogens is 2. The average Bonchev–Trinajstić information content (AvgIpc) is 2.43. The molecule has 8 heteroatoms. The summed E-state index contributed by atoms with van der Waals surface area (Å²) < 4.78 is 38.1. The van der Waals surface area contributed by atoms with Crippen LogP contribution < -0.4 is 5.32 Å². The lowest BCUT2D eigenvalue weighted by Gasteiger charge is -2.09. The van der Waals surface area contributed by atoms with Crippen molar-refractivity contribution < 1.29 is 18.0 Å². The van der Waals surface area contributed by atoms with Gasteiger partial charge in [-0.25, -0.2) is 9.97 Å². The summed E-state index contributed by atoms with van der Waals surface area (Å²) >= 11 is 5.89. The van der Waals surface area contributed by atoms with Gasteiger partial charge < -0.3 is 5.32 Å². The molecule has 1 aromatic heterocycles. The van der Waals surface area contributed by atoms with E-state index in [0.717, 1.165) is 12.1 Å². The summed E-state index contributed by atoms with van der Waals surface area (Å²) in [6.07, 6.45) is -3.78. The summed E-state index contributed by atoms with van der Waals surface area (Å²) in [6.45, 7) is 2.28. The van der Waals surface area contributed by atoms with Crippen LogP contribution in [0.25, 0.3) is 10.9 Å². The molecule has 0 aliphatic carbocycles. The van der Waals surface area contributed by atoms with E-state index in [0.29, 0.717) is 13.0 Å². The average molecular weight is 318 g/mol. The smallest absolute Gasteiger partial charge is 0.349 e. The van der Waals surface area contributed by atoms with Crippen molar-refractivity contribution in [1.82, 2.24) is 15.3 Å². The van der Waals surface area contributed by atoms with Crippen LogP contribution in [0, 0.1) is 0 Å². The van der Waals surface area contributed by atoms with Crippen molar-refractivity contribution in [3.63, 3.8) is 0 Å². The molecular weight excluding hydrogens is 307 g/mol. The van der Waals surface area contributed by atoms with Crippen molar-refractivity contribution in [2.24, 2.45) is 0 Å². The lowest BCUT2D eigenvalue weighted by molar-refractivity contribution is -0.137. The molecule has 4 nitrogen and oxygen atoms in total. The largest absolute Gasteiger partial charge is 0.416 e. The number of carbonyl (C=O) groups excluding carboxylic acids is 1. The van der Waals surface area contributed by atoms with Gasteiger partial charge >= 0.3 is 6.18 Å². The Morgan fingerprint density at radius 1 is 1.33 bits per heavy atom. The van der Waals surface area contributed by atoms with E-state index in [1.165, 1.54) is 6.07 Å². The monoisotopic (exact) mass is 317 g/mol. The summed E-state index contributed by atoms with van der Waals surface area (Å²) in [5.74, 6) is -0.821. The highest BCUT2D eigenvalue weighted by atomic mass is 35.5. The van der Waals surface area contributed by atoms with Gasteiger partial charge in [0.25, 0.3) is 5.91 Å². The maximum absolute atomic E-state index is 12.7. The van der Waals surface area contributed by atoms with E-state index in [1.54, 1.807) is 0 Å². The summed E-state index contributed by atoms with van der Waals surface area (Å²) in [4.78, 5) is 19.4. The molecule has 2 rings (SSSR count). The van der Waals surface area contributed by atoms with Gasteiger partial charge in [-0.2, -0.15) is 13.2 Å². The van der Waals surface area contributed by atoms with Gasteiger partial charge in [-0.3, -0.25) is 4.79 Å². The summed E-state index contributed by atoms with van der Waals surface area (Å²) in [5, 5.41) is 2.74. The minimum atomic E-state index is -4.49. The highest BCUT2D eigenvalue weighted by Crippen LogP contribution is 2.32. The summed E-state index contributed by atoms with van der Waals surface area (Å²) in [5.41, 5.74) is -0.879. The van der Waals surface area contributed by atoms with Gasteiger partial charge in [-0.15, -0.1) is 0 Å². The molecule has 1 amide bonds. The van der Waals surface area contributed by atoms with Crippen LogP contribution in [0.15, 0.2) is 18.2 Å². The first kappa shape index (κ1) is 15.5. The van der Waals surface area contributed by atoms with Crippen LogP contribution >= 0.6 is 11.6 Å². The Hall–Kier alpha value is -1.89. The number of fused-ring (bicyclic) bond motifs is 1. The molecule has 1 N–H and O–H groups in total. The number of nitrogens with zero attached hydrogens (tertiary/aromatic N) is 2. The summed E-state index contributed by atoms with van der Waals surface area (Å²) in [7, 11) is 0. The van der Waals surface area contributed by atoms with E-state index >= 15 is 0 Å². The quantitative estimate of drug-likeness (QED) is 0.882. The molecule has 0 saturated heterocycles. The van der Waals surface area contributed by atoms with E-state index in [1.807, 2.05) is 6.92 Å². The predicted octanol–water partition coefficient (Wildman–Crippen LogP) is 3.44. The van der Waals surface area contributed by atoms with Crippen molar-refractivity contribution >= 4 is 28.4 Å². The molecule has 1 aromatic carbocycles. The van der Waals surface area contributed by atoms with Crippen molar-refractivity contribution in [2.45, 2.75) is 19.5 Å². The maximum Gasteiger partial charge on any atom is 0.416 e. The third-order valence-corrected chi connectivity index (χ3v) is 3.00. The normalized spacial score (nSPS) is 11.7. The third kappa shape index (κ3) is 3.41. The predicted molar refractivity (Wildman–Crippen MR) is 72.2 cm³/mol. The van der Waals surface area contributed by atoms with Crippen LogP contribution in [-0.4, -0.2) is 22.4 Å². The molecule has 2 aromatic rings. The second-order valence-electron chi connectivity index (χ2n) is 4.32. The van der Waals surface area contributed by atoms with Gasteiger partial charge in [-0.05, 0) is 24.6 Å². The van der Waals surface area contributed by atoms with Crippen molar-refractivity contribution in [2.75, 3.05) is 6.54 Å². The lowest BCUT2D eigenvalue weighted by atomic mass is 10.1. The Kier molecular flexibility index (Phi) is 4.32. The Balaban J connectivity index is 2.49. The van der Waals surface area contributed by atoms with Crippen LogP contribution in [0.1, 0.15) is 29.5 Å². The number of nitrogens with one attached hydrogen (secondary N) is 1. The zero-order valence-electron chi connectivity index (χ0n) is 11.0. The van der Waals surface area contributed by atoms with E-state index in [2.05, 4.69) is 15.3 Å². The molecule has 21 heavy (non-hydrogen) atoms. The van der Waals surface area contributed by atoms with E-state index < -0.39 is 17.6 Å². The molecular formula is C13H11ClF3N3O. The molecule has 1 heterocycles. The number of carbonyl (C=O) groups is 1. The Morgan fingerprint density at radius 3 is 2.67 bits per heavy atom. The number of halogens is 4. The molecule has 0 fully saturated rings. The molecule has 0 bridgehead atoms. The number of rotatable bonds is 3. The highest BCUT2D eigenvalue weighted by Gasteiger charge is 2.31. The first-order chi connectivity index (χ1) is 9.82. The van der Waals surface area contributed by atoms with Gasteiger partial charge in [0.2, 0.25) is 5.82 Å². The van der Waals surface area contributed by atoms with E-state index in [4.69, 9.17) is 11.6 Å². The van der Waals surface area contributed by atoms with Gasteiger partial charge in [-0.1, -0.05) is 18.5 Å². The Morgan fingerprint density at radius 2 is 2.05 bits per heavy atom. The second kappa shape index (κ2) is 5.85. The molecule has 0 aliphatic rings. The van der Waals surface area contributed by atoms with Crippen molar-refractivity contribution in [3.8, 4) is 0 Å². The fraction of sp³-hybridized carbons (Fsp3) is 0.308. The van der Waals surface area contributed by atoms with E-state index in [-0.39, 0.29) is 21.9 Å². The molecule has 0 saturated carbocycles. The van der Waals surface area contributed by atoms with Crippen molar-refractivity contribution in [1.29, 1.82) is 0 Å². The molecule has 0 radical (unpaired) electrons. The van der Waals surface area contributed by atoms with E-state index in [9.17, 15) is 18.0 Å². The molecule has 0 aliphatic heterocycles.